The van der Waals surface area contributed by atoms with Gasteiger partial charge in [0.05, 0.1) is 0 Å². The average molecular weight is 411 g/mol. The lowest BCUT2D eigenvalue weighted by molar-refractivity contribution is -0.141. The lowest BCUT2D eigenvalue weighted by Crippen LogP contribution is -2.48. The molecule has 0 atom stereocenters. The number of carbonyl (C=O) groups is 1. The predicted octanol–water partition coefficient (Wildman–Crippen LogP) is 3.86. The molecule has 1 amide bonds. The summed E-state index contributed by atoms with van der Waals surface area (Å²) in [6.45, 7) is -0.303. The van der Waals surface area contributed by atoms with Crippen molar-refractivity contribution in [3.63, 3.8) is 0 Å². The van der Waals surface area contributed by atoms with Crippen molar-refractivity contribution in [3.05, 3.63) is 23.0 Å². The average Bonchev–Trinajstić information content (AvgIpc) is 3.23. The minimum Gasteiger partial charge on any atom is -0.299 e. The van der Waals surface area contributed by atoms with E-state index in [4.69, 9.17) is 0 Å². The molecule has 0 spiro atoms. The first-order valence-electron chi connectivity index (χ1n) is 9.54. The van der Waals surface area contributed by atoms with Crippen molar-refractivity contribution in [2.24, 2.45) is 17.8 Å². The number of alkyl halides is 3. The van der Waals surface area contributed by atoms with E-state index in [2.05, 4.69) is 20.6 Å². The Morgan fingerprint density at radius 3 is 2.39 bits per heavy atom. The smallest absolute Gasteiger partial charge is 0.299 e. The first-order valence-corrected chi connectivity index (χ1v) is 10.4. The molecule has 2 aromatic heterocycles. The molecule has 4 saturated carbocycles. The summed E-state index contributed by atoms with van der Waals surface area (Å²) in [4.78, 5) is 12.2. The lowest BCUT2D eigenvalue weighted by Gasteiger charge is -2.55. The predicted molar refractivity (Wildman–Crippen MR) is 95.6 cm³/mol. The van der Waals surface area contributed by atoms with Gasteiger partial charge in [-0.05, 0) is 62.3 Å². The van der Waals surface area contributed by atoms with Gasteiger partial charge in [-0.2, -0.15) is 18.3 Å². The molecule has 0 radical (unpaired) electrons. The standard InChI is InChI=1S/C18H20F3N5OS/c19-18(20,21)13-1-2-26(25-13)9-14(27)22-16-24-23-15(28-16)17-6-10-3-11(7-17)5-12(4-10)8-17/h1-2,10-12H,3-9H2,(H,22,24,27). The number of amides is 1. The molecule has 0 aromatic carbocycles. The van der Waals surface area contributed by atoms with Crippen molar-refractivity contribution in [2.75, 3.05) is 5.32 Å². The Morgan fingerprint density at radius 2 is 1.82 bits per heavy atom. The summed E-state index contributed by atoms with van der Waals surface area (Å²) in [6, 6.07) is 0.851. The number of carbonyl (C=O) groups excluding carboxylic acids is 1. The van der Waals surface area contributed by atoms with Crippen molar-refractivity contribution in [2.45, 2.75) is 56.7 Å². The van der Waals surface area contributed by atoms with Gasteiger partial charge in [-0.3, -0.25) is 14.8 Å². The molecule has 6 nitrogen and oxygen atoms in total. The Labute approximate surface area is 163 Å². The van der Waals surface area contributed by atoms with E-state index in [0.717, 1.165) is 59.0 Å². The fourth-order valence-corrected chi connectivity index (χ4v) is 6.75. The van der Waals surface area contributed by atoms with E-state index in [1.807, 2.05) is 0 Å². The van der Waals surface area contributed by atoms with Crippen LogP contribution < -0.4 is 5.32 Å². The van der Waals surface area contributed by atoms with Crippen LogP contribution in [0.25, 0.3) is 0 Å². The molecular weight excluding hydrogens is 391 g/mol. The van der Waals surface area contributed by atoms with Crippen molar-refractivity contribution in [1.82, 2.24) is 20.0 Å². The molecule has 4 aliphatic rings. The maximum atomic E-state index is 12.6. The number of nitrogens with one attached hydrogen (secondary N) is 1. The highest BCUT2D eigenvalue weighted by molar-refractivity contribution is 7.15. The normalized spacial score (nSPS) is 31.3. The van der Waals surface area contributed by atoms with E-state index in [0.29, 0.717) is 5.13 Å². The van der Waals surface area contributed by atoms with E-state index in [-0.39, 0.29) is 12.0 Å². The second-order valence-electron chi connectivity index (χ2n) is 8.55. The first kappa shape index (κ1) is 18.1. The Morgan fingerprint density at radius 1 is 1.18 bits per heavy atom. The maximum absolute atomic E-state index is 12.6. The second-order valence-corrected chi connectivity index (χ2v) is 9.53. The van der Waals surface area contributed by atoms with Crippen molar-refractivity contribution >= 4 is 22.4 Å². The highest BCUT2D eigenvalue weighted by Crippen LogP contribution is 2.61. The van der Waals surface area contributed by atoms with Crippen LogP contribution >= 0.6 is 11.3 Å². The molecule has 2 aromatic rings. The number of aromatic nitrogens is 4. The minimum atomic E-state index is -4.52. The summed E-state index contributed by atoms with van der Waals surface area (Å²) in [6.07, 6.45) is 4.12. The highest BCUT2D eigenvalue weighted by atomic mass is 32.1. The summed E-state index contributed by atoms with van der Waals surface area (Å²) in [5, 5.41) is 16.0. The number of nitrogens with zero attached hydrogens (tertiary/aromatic N) is 4. The van der Waals surface area contributed by atoms with E-state index in [1.165, 1.54) is 30.6 Å². The quantitative estimate of drug-likeness (QED) is 0.829. The van der Waals surface area contributed by atoms with Crippen LogP contribution in [-0.2, 0) is 22.9 Å². The summed E-state index contributed by atoms with van der Waals surface area (Å²) < 4.78 is 38.8. The van der Waals surface area contributed by atoms with Crippen LogP contribution in [0, 0.1) is 17.8 Å². The molecule has 1 N–H and O–H groups in total. The summed E-state index contributed by atoms with van der Waals surface area (Å²) in [5.41, 5.74) is -0.903. The van der Waals surface area contributed by atoms with Crippen LogP contribution in [0.3, 0.4) is 0 Å². The second kappa shape index (κ2) is 6.27. The third-order valence-electron chi connectivity index (χ3n) is 6.40. The van der Waals surface area contributed by atoms with Crippen LogP contribution in [0.2, 0.25) is 0 Å². The van der Waals surface area contributed by atoms with E-state index in [1.54, 1.807) is 0 Å². The number of halogens is 3. The number of anilines is 1. The minimum absolute atomic E-state index is 0.110. The summed E-state index contributed by atoms with van der Waals surface area (Å²) >= 11 is 1.41. The molecule has 0 aliphatic heterocycles. The van der Waals surface area contributed by atoms with E-state index >= 15 is 0 Å². The highest BCUT2D eigenvalue weighted by Gasteiger charge is 2.53. The van der Waals surface area contributed by atoms with E-state index in [9.17, 15) is 18.0 Å². The number of hydrogen-bond acceptors (Lipinski definition) is 5. The van der Waals surface area contributed by atoms with Gasteiger partial charge in [-0.1, -0.05) is 11.3 Å². The fourth-order valence-electron chi connectivity index (χ4n) is 5.77. The van der Waals surface area contributed by atoms with Gasteiger partial charge >= 0.3 is 6.18 Å². The molecule has 0 unspecified atom stereocenters. The fraction of sp³-hybridized carbons (Fsp3) is 0.667. The van der Waals surface area contributed by atoms with Crippen LogP contribution in [0.15, 0.2) is 12.3 Å². The first-order chi connectivity index (χ1) is 13.3. The molecule has 4 aliphatic carbocycles. The van der Waals surface area contributed by atoms with Gasteiger partial charge in [-0.25, -0.2) is 0 Å². The zero-order valence-corrected chi connectivity index (χ0v) is 15.9. The zero-order chi connectivity index (χ0) is 19.5. The molecule has 28 heavy (non-hydrogen) atoms. The monoisotopic (exact) mass is 411 g/mol. The Hall–Kier alpha value is -1.97. The van der Waals surface area contributed by atoms with Gasteiger partial charge in [0, 0.05) is 11.6 Å². The Balaban J connectivity index is 1.26. The Bertz CT molecular complexity index is 870. The van der Waals surface area contributed by atoms with Crippen molar-refractivity contribution in [1.29, 1.82) is 0 Å². The van der Waals surface area contributed by atoms with Gasteiger partial charge in [0.15, 0.2) is 5.69 Å². The largest absolute Gasteiger partial charge is 0.435 e. The third-order valence-corrected chi connectivity index (χ3v) is 7.49. The van der Waals surface area contributed by atoms with Crippen LogP contribution in [0.4, 0.5) is 18.3 Å². The number of hydrogen-bond donors (Lipinski definition) is 1. The summed E-state index contributed by atoms with van der Waals surface area (Å²) in [5.74, 6) is 1.90. The van der Waals surface area contributed by atoms with Crippen LogP contribution in [-0.4, -0.2) is 25.9 Å². The molecular formula is C18H20F3N5OS. The topological polar surface area (TPSA) is 72.7 Å². The molecule has 6 rings (SSSR count). The van der Waals surface area contributed by atoms with Gasteiger partial charge < -0.3 is 0 Å². The van der Waals surface area contributed by atoms with Crippen molar-refractivity contribution < 1.29 is 18.0 Å². The van der Waals surface area contributed by atoms with Gasteiger partial charge in [0.25, 0.3) is 0 Å². The third kappa shape index (κ3) is 3.21. The Kier molecular flexibility index (Phi) is 4.05. The maximum Gasteiger partial charge on any atom is 0.435 e. The molecule has 4 fully saturated rings. The van der Waals surface area contributed by atoms with Gasteiger partial charge in [0.1, 0.15) is 11.6 Å². The molecule has 4 bridgehead atoms. The molecule has 150 valence electrons. The number of rotatable bonds is 4. The molecule has 0 saturated heterocycles. The molecule has 10 heteroatoms. The SMILES string of the molecule is O=C(Cn1ccc(C(F)(F)F)n1)Nc1nnc(C23CC4CC(CC(C4)C2)C3)s1. The van der Waals surface area contributed by atoms with Crippen LogP contribution in [0.5, 0.6) is 0 Å². The van der Waals surface area contributed by atoms with E-state index < -0.39 is 17.8 Å². The molecule has 2 heterocycles. The van der Waals surface area contributed by atoms with Crippen molar-refractivity contribution in [3.8, 4) is 0 Å². The lowest BCUT2D eigenvalue weighted by atomic mass is 9.50. The van der Waals surface area contributed by atoms with Crippen LogP contribution in [0.1, 0.15) is 49.2 Å². The van der Waals surface area contributed by atoms with Gasteiger partial charge in [-0.15, -0.1) is 10.2 Å². The van der Waals surface area contributed by atoms with Gasteiger partial charge in [0.2, 0.25) is 11.0 Å². The zero-order valence-electron chi connectivity index (χ0n) is 15.1. The summed E-state index contributed by atoms with van der Waals surface area (Å²) in [7, 11) is 0.